The Morgan fingerprint density at radius 3 is 2.26 bits per heavy atom. The molecule has 8 heteroatoms. The third-order valence-corrected chi connectivity index (χ3v) is 5.95. The molecular formula is C27H35FN4O3. The monoisotopic (exact) mass is 482 g/mol. The van der Waals surface area contributed by atoms with Crippen molar-refractivity contribution in [2.45, 2.75) is 33.6 Å². The van der Waals surface area contributed by atoms with Crippen molar-refractivity contribution in [3.63, 3.8) is 0 Å². The molecule has 1 aliphatic heterocycles. The zero-order chi connectivity index (χ0) is 25.4. The molecule has 0 aliphatic carbocycles. The highest BCUT2D eigenvalue weighted by atomic mass is 19.1. The normalized spacial score (nSPS) is 13.6. The van der Waals surface area contributed by atoms with Crippen LogP contribution in [0.4, 0.5) is 15.8 Å². The molecule has 2 aromatic rings. The van der Waals surface area contributed by atoms with Crippen molar-refractivity contribution in [3.8, 4) is 0 Å². The first kappa shape index (κ1) is 26.2. The number of rotatable bonds is 9. The Labute approximate surface area is 206 Å². The largest absolute Gasteiger partial charge is 0.368 e. The van der Waals surface area contributed by atoms with Gasteiger partial charge in [-0.3, -0.25) is 14.4 Å². The molecule has 1 N–H and O–H groups in total. The third kappa shape index (κ3) is 7.28. The van der Waals surface area contributed by atoms with Gasteiger partial charge in [-0.25, -0.2) is 4.39 Å². The van der Waals surface area contributed by atoms with Crippen molar-refractivity contribution in [1.82, 2.24) is 9.80 Å². The molecule has 0 bridgehead atoms. The minimum atomic E-state index is -0.500. The van der Waals surface area contributed by atoms with Gasteiger partial charge in [0.1, 0.15) is 5.82 Å². The van der Waals surface area contributed by atoms with Gasteiger partial charge in [0.2, 0.25) is 11.8 Å². The summed E-state index contributed by atoms with van der Waals surface area (Å²) in [5.41, 5.74) is 1.75. The van der Waals surface area contributed by atoms with Crippen molar-refractivity contribution >= 4 is 29.1 Å². The highest BCUT2D eigenvalue weighted by molar-refractivity contribution is 5.95. The zero-order valence-electron chi connectivity index (χ0n) is 20.8. The summed E-state index contributed by atoms with van der Waals surface area (Å²) in [5, 5.41) is 2.87. The summed E-state index contributed by atoms with van der Waals surface area (Å²) in [6.45, 7) is 8.84. The van der Waals surface area contributed by atoms with Crippen LogP contribution in [0.15, 0.2) is 48.5 Å². The van der Waals surface area contributed by atoms with Gasteiger partial charge in [0.15, 0.2) is 0 Å². The maximum absolute atomic E-state index is 14.0. The van der Waals surface area contributed by atoms with Gasteiger partial charge in [-0.05, 0) is 48.7 Å². The molecule has 0 radical (unpaired) electrons. The van der Waals surface area contributed by atoms with Crippen molar-refractivity contribution in [3.05, 3.63) is 59.9 Å². The van der Waals surface area contributed by atoms with Crippen LogP contribution in [0, 0.1) is 11.7 Å². The molecule has 0 atom stereocenters. The first-order valence-electron chi connectivity index (χ1n) is 12.2. The second-order valence-electron chi connectivity index (χ2n) is 9.27. The number of halogens is 1. The van der Waals surface area contributed by atoms with E-state index in [0.29, 0.717) is 44.8 Å². The molecule has 1 fully saturated rings. The molecule has 3 rings (SSSR count). The Morgan fingerprint density at radius 2 is 1.66 bits per heavy atom. The molecule has 7 nitrogen and oxygen atoms in total. The minimum Gasteiger partial charge on any atom is -0.368 e. The Morgan fingerprint density at radius 1 is 1.00 bits per heavy atom. The van der Waals surface area contributed by atoms with Gasteiger partial charge >= 0.3 is 0 Å². The number of nitrogens with zero attached hydrogens (tertiary/aromatic N) is 3. The van der Waals surface area contributed by atoms with Gasteiger partial charge < -0.3 is 20.0 Å². The average molecular weight is 483 g/mol. The van der Waals surface area contributed by atoms with Crippen LogP contribution < -0.4 is 10.2 Å². The summed E-state index contributed by atoms with van der Waals surface area (Å²) in [5.74, 6) is -0.759. The summed E-state index contributed by atoms with van der Waals surface area (Å²) in [4.78, 5) is 43.0. The number of piperazine rings is 1. The van der Waals surface area contributed by atoms with E-state index in [9.17, 15) is 18.8 Å². The lowest BCUT2D eigenvalue weighted by Gasteiger charge is -2.36. The molecule has 2 aromatic carbocycles. The second-order valence-corrected chi connectivity index (χ2v) is 9.27. The molecule has 1 heterocycles. The summed E-state index contributed by atoms with van der Waals surface area (Å²) < 4.78 is 14.0. The molecule has 35 heavy (non-hydrogen) atoms. The highest BCUT2D eigenvalue weighted by Gasteiger charge is 2.24. The molecule has 1 saturated heterocycles. The van der Waals surface area contributed by atoms with Crippen molar-refractivity contribution in [1.29, 1.82) is 0 Å². The first-order valence-corrected chi connectivity index (χ1v) is 12.2. The molecule has 0 saturated carbocycles. The standard InChI is InChI=1S/C27H35FN4O3/c1-4-13-32(26(34)18-20(2)3)19-25(33)29-21-9-11-22(12-10-21)30-14-16-31(17-15-30)27(35)23-7-5-6-8-24(23)28/h5-12,20H,4,13-19H2,1-3H3,(H,29,33). The van der Waals surface area contributed by atoms with E-state index in [2.05, 4.69) is 10.2 Å². The fourth-order valence-electron chi connectivity index (χ4n) is 4.14. The summed E-state index contributed by atoms with van der Waals surface area (Å²) in [6, 6.07) is 13.6. The smallest absolute Gasteiger partial charge is 0.256 e. The van der Waals surface area contributed by atoms with E-state index in [1.807, 2.05) is 45.0 Å². The van der Waals surface area contributed by atoms with Crippen LogP contribution in [0.2, 0.25) is 0 Å². The second kappa shape index (κ2) is 12.3. The van der Waals surface area contributed by atoms with Gasteiger partial charge in [-0.15, -0.1) is 0 Å². The summed E-state index contributed by atoms with van der Waals surface area (Å²) >= 11 is 0. The summed E-state index contributed by atoms with van der Waals surface area (Å²) in [7, 11) is 0. The number of hydrogen-bond acceptors (Lipinski definition) is 4. The van der Waals surface area contributed by atoms with E-state index >= 15 is 0 Å². The van der Waals surface area contributed by atoms with E-state index in [4.69, 9.17) is 0 Å². The topological polar surface area (TPSA) is 73.0 Å². The number of carbonyl (C=O) groups is 3. The predicted octanol–water partition coefficient (Wildman–Crippen LogP) is 4.01. The van der Waals surface area contributed by atoms with Crippen LogP contribution in [0.1, 0.15) is 44.0 Å². The number of anilines is 2. The third-order valence-electron chi connectivity index (χ3n) is 5.95. The lowest BCUT2D eigenvalue weighted by atomic mass is 10.1. The van der Waals surface area contributed by atoms with Crippen LogP contribution in [0.25, 0.3) is 0 Å². The number of hydrogen-bond donors (Lipinski definition) is 1. The van der Waals surface area contributed by atoms with Gasteiger partial charge in [-0.1, -0.05) is 32.9 Å². The van der Waals surface area contributed by atoms with Crippen molar-refractivity contribution in [2.75, 3.05) is 49.5 Å². The average Bonchev–Trinajstić information content (AvgIpc) is 2.84. The molecular weight excluding hydrogens is 447 g/mol. The maximum Gasteiger partial charge on any atom is 0.256 e. The minimum absolute atomic E-state index is 0.0000235. The maximum atomic E-state index is 14.0. The van der Waals surface area contributed by atoms with Crippen LogP contribution >= 0.6 is 0 Å². The number of benzene rings is 2. The molecule has 188 valence electrons. The fourth-order valence-corrected chi connectivity index (χ4v) is 4.14. The quantitative estimate of drug-likeness (QED) is 0.586. The predicted molar refractivity (Wildman–Crippen MR) is 136 cm³/mol. The van der Waals surface area contributed by atoms with E-state index in [1.54, 1.807) is 21.9 Å². The van der Waals surface area contributed by atoms with E-state index in [0.717, 1.165) is 12.1 Å². The lowest BCUT2D eigenvalue weighted by molar-refractivity contribution is -0.135. The Hall–Kier alpha value is -3.42. The molecule has 1 aliphatic rings. The number of amides is 3. The Balaban J connectivity index is 1.52. The van der Waals surface area contributed by atoms with Crippen molar-refractivity contribution in [2.24, 2.45) is 5.92 Å². The van der Waals surface area contributed by atoms with E-state index in [-0.39, 0.29) is 35.7 Å². The van der Waals surface area contributed by atoms with Crippen LogP contribution in [0.3, 0.4) is 0 Å². The fraction of sp³-hybridized carbons (Fsp3) is 0.444. The van der Waals surface area contributed by atoms with Gasteiger partial charge in [0.25, 0.3) is 5.91 Å². The van der Waals surface area contributed by atoms with E-state index < -0.39 is 5.82 Å². The zero-order valence-corrected chi connectivity index (χ0v) is 20.8. The first-order chi connectivity index (χ1) is 16.8. The van der Waals surface area contributed by atoms with Crippen LogP contribution in [-0.4, -0.2) is 66.8 Å². The van der Waals surface area contributed by atoms with Gasteiger partial charge in [0, 0.05) is 50.5 Å². The lowest BCUT2D eigenvalue weighted by Crippen LogP contribution is -2.49. The molecule has 0 spiro atoms. The van der Waals surface area contributed by atoms with E-state index in [1.165, 1.54) is 12.1 Å². The number of nitrogens with one attached hydrogen (secondary N) is 1. The SMILES string of the molecule is CCCN(CC(=O)Nc1ccc(N2CCN(C(=O)c3ccccc3F)CC2)cc1)C(=O)CC(C)C. The van der Waals surface area contributed by atoms with Crippen LogP contribution in [-0.2, 0) is 9.59 Å². The van der Waals surface area contributed by atoms with Gasteiger partial charge in [0.05, 0.1) is 12.1 Å². The molecule has 0 unspecified atom stereocenters. The number of carbonyl (C=O) groups excluding carboxylic acids is 3. The van der Waals surface area contributed by atoms with Crippen LogP contribution in [0.5, 0.6) is 0 Å². The molecule has 3 amide bonds. The Kier molecular flexibility index (Phi) is 9.23. The summed E-state index contributed by atoms with van der Waals surface area (Å²) in [6.07, 6.45) is 1.23. The highest BCUT2D eigenvalue weighted by Crippen LogP contribution is 2.21. The Bertz CT molecular complexity index is 1020. The molecule has 0 aromatic heterocycles. The van der Waals surface area contributed by atoms with Gasteiger partial charge in [-0.2, -0.15) is 0 Å². The van der Waals surface area contributed by atoms with Crippen molar-refractivity contribution < 1.29 is 18.8 Å².